The predicted molar refractivity (Wildman–Crippen MR) is 69.6 cm³/mol. The van der Waals surface area contributed by atoms with Gasteiger partial charge in [0, 0.05) is 30.8 Å². The maximum Gasteiger partial charge on any atom is 0.326 e. The molecule has 19 heavy (non-hydrogen) atoms. The van der Waals surface area contributed by atoms with Gasteiger partial charge in [-0.3, -0.25) is 4.79 Å². The largest absolute Gasteiger partial charge is 0.480 e. The standard InChI is InChI=1S/C12H20N4O3/c1-3-14-8(2)4-11(17)16-10(12(18)19)5-9-6-13-7-15-9/h6-8,10,14H,3-5H2,1-2H3,(H,13,15)(H,16,17)(H,18,19)/t8?,10-/m0/s1. The average Bonchev–Trinajstić information content (AvgIpc) is 2.80. The third kappa shape index (κ3) is 5.52. The number of carboxylic acids is 1. The topological polar surface area (TPSA) is 107 Å². The lowest BCUT2D eigenvalue weighted by Gasteiger charge is -2.16. The van der Waals surface area contributed by atoms with E-state index in [2.05, 4.69) is 20.6 Å². The van der Waals surface area contributed by atoms with Gasteiger partial charge < -0.3 is 20.7 Å². The highest BCUT2D eigenvalue weighted by Crippen LogP contribution is 2.00. The number of imidazole rings is 1. The molecule has 0 fully saturated rings. The van der Waals surface area contributed by atoms with Crippen molar-refractivity contribution in [3.63, 3.8) is 0 Å². The number of hydrogen-bond donors (Lipinski definition) is 4. The van der Waals surface area contributed by atoms with E-state index in [9.17, 15) is 9.59 Å². The normalized spacial score (nSPS) is 13.8. The van der Waals surface area contributed by atoms with Crippen LogP contribution in [0.25, 0.3) is 0 Å². The number of aliphatic carboxylic acids is 1. The first kappa shape index (κ1) is 15.2. The van der Waals surface area contributed by atoms with E-state index in [1.165, 1.54) is 6.33 Å². The predicted octanol–water partition coefficient (Wildman–Crippen LogP) is -0.0903. The Morgan fingerprint density at radius 3 is 2.79 bits per heavy atom. The van der Waals surface area contributed by atoms with Crippen molar-refractivity contribution >= 4 is 11.9 Å². The number of carbonyl (C=O) groups is 2. The molecule has 2 atom stereocenters. The fraction of sp³-hybridized carbons (Fsp3) is 0.583. The number of carboxylic acid groups (broad SMARTS) is 1. The monoisotopic (exact) mass is 268 g/mol. The van der Waals surface area contributed by atoms with Crippen molar-refractivity contribution in [3.8, 4) is 0 Å². The van der Waals surface area contributed by atoms with Crippen LogP contribution in [0, 0.1) is 0 Å². The first-order valence-corrected chi connectivity index (χ1v) is 6.25. The fourth-order valence-electron chi connectivity index (χ4n) is 1.77. The Morgan fingerprint density at radius 2 is 2.26 bits per heavy atom. The van der Waals surface area contributed by atoms with Gasteiger partial charge in [0.15, 0.2) is 0 Å². The number of nitrogens with one attached hydrogen (secondary N) is 3. The molecule has 0 saturated carbocycles. The molecule has 1 unspecified atom stereocenters. The van der Waals surface area contributed by atoms with Gasteiger partial charge in [-0.05, 0) is 13.5 Å². The zero-order chi connectivity index (χ0) is 14.3. The zero-order valence-corrected chi connectivity index (χ0v) is 11.1. The minimum atomic E-state index is -1.06. The molecule has 1 amide bonds. The van der Waals surface area contributed by atoms with Crippen LogP contribution in [0.5, 0.6) is 0 Å². The number of carbonyl (C=O) groups excluding carboxylic acids is 1. The average molecular weight is 268 g/mol. The van der Waals surface area contributed by atoms with Crippen LogP contribution in [0.1, 0.15) is 26.0 Å². The van der Waals surface area contributed by atoms with E-state index in [1.54, 1.807) is 6.20 Å². The smallest absolute Gasteiger partial charge is 0.326 e. The molecule has 4 N–H and O–H groups in total. The molecule has 1 aromatic rings. The lowest BCUT2D eigenvalue weighted by Crippen LogP contribution is -2.44. The van der Waals surface area contributed by atoms with Crippen LogP contribution in [0.2, 0.25) is 0 Å². The van der Waals surface area contributed by atoms with Crippen molar-refractivity contribution in [2.45, 2.75) is 38.8 Å². The Labute approximate surface area is 111 Å². The second kappa shape index (κ2) is 7.52. The van der Waals surface area contributed by atoms with Gasteiger partial charge in [0.1, 0.15) is 6.04 Å². The number of rotatable bonds is 8. The molecule has 0 aliphatic rings. The second-order valence-electron chi connectivity index (χ2n) is 4.40. The number of H-pyrrole nitrogens is 1. The minimum Gasteiger partial charge on any atom is -0.480 e. The second-order valence-corrected chi connectivity index (χ2v) is 4.40. The van der Waals surface area contributed by atoms with Crippen LogP contribution >= 0.6 is 0 Å². The van der Waals surface area contributed by atoms with E-state index in [0.29, 0.717) is 5.69 Å². The molecule has 7 nitrogen and oxygen atoms in total. The number of hydrogen-bond acceptors (Lipinski definition) is 4. The Morgan fingerprint density at radius 1 is 1.53 bits per heavy atom. The molecule has 1 aromatic heterocycles. The third-order valence-corrected chi connectivity index (χ3v) is 2.66. The van der Waals surface area contributed by atoms with Gasteiger partial charge in [0.05, 0.1) is 6.33 Å². The van der Waals surface area contributed by atoms with Crippen molar-refractivity contribution in [2.24, 2.45) is 0 Å². The SMILES string of the molecule is CCNC(C)CC(=O)N[C@@H](Cc1cnc[nH]1)C(=O)O. The molecule has 0 bridgehead atoms. The quantitative estimate of drug-likeness (QED) is 0.527. The Balaban J connectivity index is 2.49. The van der Waals surface area contributed by atoms with Gasteiger partial charge in [-0.15, -0.1) is 0 Å². The van der Waals surface area contributed by atoms with Crippen LogP contribution in [-0.4, -0.2) is 45.6 Å². The van der Waals surface area contributed by atoms with E-state index in [0.717, 1.165) is 6.54 Å². The molecule has 0 aliphatic heterocycles. The highest BCUT2D eigenvalue weighted by molar-refractivity contribution is 5.83. The number of aromatic amines is 1. The molecule has 7 heteroatoms. The molecule has 106 valence electrons. The molecule has 0 spiro atoms. The molecule has 0 aromatic carbocycles. The fourth-order valence-corrected chi connectivity index (χ4v) is 1.77. The first-order chi connectivity index (χ1) is 9.02. The summed E-state index contributed by atoms with van der Waals surface area (Å²) in [6.45, 7) is 4.60. The zero-order valence-electron chi connectivity index (χ0n) is 11.1. The Kier molecular flexibility index (Phi) is 6.01. The molecule has 1 heterocycles. The van der Waals surface area contributed by atoms with Gasteiger partial charge in [-0.1, -0.05) is 6.92 Å². The number of amides is 1. The molecular weight excluding hydrogens is 248 g/mol. The summed E-state index contributed by atoms with van der Waals surface area (Å²) >= 11 is 0. The van der Waals surface area contributed by atoms with Gasteiger partial charge >= 0.3 is 5.97 Å². The van der Waals surface area contributed by atoms with Crippen LogP contribution in [0.3, 0.4) is 0 Å². The Bertz CT molecular complexity index is 405. The highest BCUT2D eigenvalue weighted by Gasteiger charge is 2.21. The van der Waals surface area contributed by atoms with Crippen LogP contribution in [0.4, 0.5) is 0 Å². The van der Waals surface area contributed by atoms with Crippen molar-refractivity contribution in [2.75, 3.05) is 6.54 Å². The lowest BCUT2D eigenvalue weighted by atomic mass is 10.1. The molecule has 0 saturated heterocycles. The van der Waals surface area contributed by atoms with Gasteiger partial charge in [-0.2, -0.15) is 0 Å². The summed E-state index contributed by atoms with van der Waals surface area (Å²) in [5.41, 5.74) is 0.674. The van der Waals surface area contributed by atoms with Crippen molar-refractivity contribution < 1.29 is 14.7 Å². The summed E-state index contributed by atoms with van der Waals surface area (Å²) in [6, 6.07) is -0.923. The van der Waals surface area contributed by atoms with E-state index in [4.69, 9.17) is 5.11 Å². The summed E-state index contributed by atoms with van der Waals surface area (Å²) in [7, 11) is 0. The summed E-state index contributed by atoms with van der Waals surface area (Å²) in [4.78, 5) is 29.5. The van der Waals surface area contributed by atoms with Crippen molar-refractivity contribution in [3.05, 3.63) is 18.2 Å². The van der Waals surface area contributed by atoms with Crippen LogP contribution in [-0.2, 0) is 16.0 Å². The van der Waals surface area contributed by atoms with Gasteiger partial charge in [0.2, 0.25) is 5.91 Å². The maximum absolute atomic E-state index is 11.7. The maximum atomic E-state index is 11.7. The lowest BCUT2D eigenvalue weighted by molar-refractivity contribution is -0.141. The minimum absolute atomic E-state index is 0.0200. The summed E-state index contributed by atoms with van der Waals surface area (Å²) in [5, 5.41) is 14.7. The van der Waals surface area contributed by atoms with Gasteiger partial charge in [-0.25, -0.2) is 9.78 Å². The highest BCUT2D eigenvalue weighted by atomic mass is 16.4. The van der Waals surface area contributed by atoms with Gasteiger partial charge in [0.25, 0.3) is 0 Å². The number of nitrogens with zero attached hydrogens (tertiary/aromatic N) is 1. The summed E-state index contributed by atoms with van der Waals surface area (Å²) in [6.07, 6.45) is 3.46. The van der Waals surface area contributed by atoms with Crippen LogP contribution < -0.4 is 10.6 Å². The summed E-state index contributed by atoms with van der Waals surface area (Å²) < 4.78 is 0. The first-order valence-electron chi connectivity index (χ1n) is 6.25. The molecule has 0 aliphatic carbocycles. The van der Waals surface area contributed by atoms with E-state index in [-0.39, 0.29) is 24.8 Å². The summed E-state index contributed by atoms with van der Waals surface area (Å²) in [5.74, 6) is -1.33. The van der Waals surface area contributed by atoms with E-state index < -0.39 is 12.0 Å². The molecule has 0 radical (unpaired) electrons. The Hall–Kier alpha value is -1.89. The molecular formula is C12H20N4O3. The third-order valence-electron chi connectivity index (χ3n) is 2.66. The van der Waals surface area contributed by atoms with Crippen molar-refractivity contribution in [1.29, 1.82) is 0 Å². The van der Waals surface area contributed by atoms with Crippen LogP contribution in [0.15, 0.2) is 12.5 Å². The van der Waals surface area contributed by atoms with E-state index >= 15 is 0 Å². The molecule has 1 rings (SSSR count). The number of aromatic nitrogens is 2. The van der Waals surface area contributed by atoms with E-state index in [1.807, 2.05) is 13.8 Å². The van der Waals surface area contributed by atoms with Crippen molar-refractivity contribution in [1.82, 2.24) is 20.6 Å².